The maximum atomic E-state index is 13.1. The van der Waals surface area contributed by atoms with Crippen molar-refractivity contribution in [3.63, 3.8) is 0 Å². The van der Waals surface area contributed by atoms with Crippen molar-refractivity contribution in [2.24, 2.45) is 5.92 Å². The lowest BCUT2D eigenvalue weighted by Gasteiger charge is -2.30. The van der Waals surface area contributed by atoms with Gasteiger partial charge in [-0.2, -0.15) is 0 Å². The molecule has 2 aliphatic heterocycles. The van der Waals surface area contributed by atoms with E-state index in [2.05, 4.69) is 22.2 Å². The van der Waals surface area contributed by atoms with E-state index in [1.807, 2.05) is 21.6 Å². The molecule has 28 heavy (non-hydrogen) atoms. The summed E-state index contributed by atoms with van der Waals surface area (Å²) >= 11 is 0. The van der Waals surface area contributed by atoms with Crippen molar-refractivity contribution < 1.29 is 9.59 Å². The van der Waals surface area contributed by atoms with Gasteiger partial charge in [0.25, 0.3) is 11.8 Å². The number of hydrogen-bond acceptors (Lipinski definition) is 4. The van der Waals surface area contributed by atoms with Gasteiger partial charge < -0.3 is 14.8 Å². The minimum absolute atomic E-state index is 0.0228. The number of likely N-dealkylation sites (tertiary alicyclic amines) is 1. The largest absolute Gasteiger partial charge is 0.345 e. The van der Waals surface area contributed by atoms with Gasteiger partial charge in [-0.1, -0.05) is 6.92 Å². The molecule has 0 bridgehead atoms. The first-order chi connectivity index (χ1) is 13.6. The minimum Gasteiger partial charge on any atom is -0.345 e. The fraction of sp³-hybridized carbons (Fsp3) is 0.524. The number of aromatic nitrogens is 3. The highest BCUT2D eigenvalue weighted by Gasteiger charge is 2.31. The lowest BCUT2D eigenvalue weighted by Crippen LogP contribution is -2.39. The van der Waals surface area contributed by atoms with Gasteiger partial charge in [0.05, 0.1) is 5.69 Å². The Hall–Kier alpha value is -2.70. The van der Waals surface area contributed by atoms with E-state index in [1.165, 1.54) is 0 Å². The standard InChI is InChI=1S/C21H27N5O2/c1-15-5-4-11-25(14-15)21(28)18-17-6-2-3-12-26(17)19(24-18)20(27)23-13-16-7-9-22-10-8-16/h7-10,15H,2-6,11-14H2,1H3,(H,23,27). The Bertz CT molecular complexity index is 861. The highest BCUT2D eigenvalue weighted by Crippen LogP contribution is 2.24. The monoisotopic (exact) mass is 381 g/mol. The molecule has 0 spiro atoms. The lowest BCUT2D eigenvalue weighted by molar-refractivity contribution is 0.0676. The minimum atomic E-state index is -0.231. The summed E-state index contributed by atoms with van der Waals surface area (Å²) in [5, 5.41) is 2.93. The zero-order chi connectivity index (χ0) is 19.5. The number of hydrogen-bond donors (Lipinski definition) is 1. The molecule has 1 unspecified atom stereocenters. The molecule has 0 saturated carbocycles. The molecule has 7 nitrogen and oxygen atoms in total. The zero-order valence-corrected chi connectivity index (χ0v) is 16.4. The number of rotatable bonds is 4. The van der Waals surface area contributed by atoms with Crippen LogP contribution in [-0.4, -0.2) is 44.3 Å². The van der Waals surface area contributed by atoms with Gasteiger partial charge >= 0.3 is 0 Å². The maximum absolute atomic E-state index is 13.1. The molecule has 4 heterocycles. The maximum Gasteiger partial charge on any atom is 0.287 e. The smallest absolute Gasteiger partial charge is 0.287 e. The molecule has 2 aromatic heterocycles. The van der Waals surface area contributed by atoms with Crippen LogP contribution >= 0.6 is 0 Å². The third kappa shape index (κ3) is 3.79. The van der Waals surface area contributed by atoms with Crippen LogP contribution in [0, 0.1) is 5.92 Å². The molecule has 2 amide bonds. The van der Waals surface area contributed by atoms with E-state index in [9.17, 15) is 9.59 Å². The number of amides is 2. The zero-order valence-electron chi connectivity index (χ0n) is 16.4. The molecule has 2 aliphatic rings. The molecule has 7 heteroatoms. The van der Waals surface area contributed by atoms with Gasteiger partial charge in [0.15, 0.2) is 5.82 Å². The van der Waals surface area contributed by atoms with E-state index in [1.54, 1.807) is 12.4 Å². The number of fused-ring (bicyclic) bond motifs is 1. The Morgan fingerprint density at radius 2 is 2.00 bits per heavy atom. The third-order valence-corrected chi connectivity index (χ3v) is 5.67. The van der Waals surface area contributed by atoms with E-state index in [0.717, 1.165) is 63.0 Å². The summed E-state index contributed by atoms with van der Waals surface area (Å²) < 4.78 is 1.95. The molecule has 2 aromatic rings. The van der Waals surface area contributed by atoms with Crippen molar-refractivity contribution in [2.75, 3.05) is 13.1 Å². The van der Waals surface area contributed by atoms with Crippen molar-refractivity contribution in [3.05, 3.63) is 47.3 Å². The Morgan fingerprint density at radius 1 is 1.18 bits per heavy atom. The van der Waals surface area contributed by atoms with Crippen LogP contribution in [-0.2, 0) is 19.5 Å². The number of pyridine rings is 1. The average Bonchev–Trinajstić information content (AvgIpc) is 3.12. The molecule has 0 aliphatic carbocycles. The molecule has 148 valence electrons. The van der Waals surface area contributed by atoms with Gasteiger partial charge in [-0.25, -0.2) is 4.98 Å². The Kier molecular flexibility index (Phi) is 5.41. The van der Waals surface area contributed by atoms with Crippen LogP contribution < -0.4 is 5.32 Å². The van der Waals surface area contributed by atoms with Gasteiger partial charge in [-0.05, 0) is 55.7 Å². The van der Waals surface area contributed by atoms with E-state index in [4.69, 9.17) is 0 Å². The Balaban J connectivity index is 1.56. The summed E-state index contributed by atoms with van der Waals surface area (Å²) in [5.74, 6) is 0.618. The van der Waals surface area contributed by atoms with E-state index in [0.29, 0.717) is 24.0 Å². The summed E-state index contributed by atoms with van der Waals surface area (Å²) in [6, 6.07) is 3.74. The Labute approximate surface area is 165 Å². The fourth-order valence-corrected chi connectivity index (χ4v) is 4.17. The molecule has 1 N–H and O–H groups in total. The van der Waals surface area contributed by atoms with Gasteiger partial charge in [-0.3, -0.25) is 14.6 Å². The first kappa shape index (κ1) is 18.7. The number of imidazole rings is 1. The van der Waals surface area contributed by atoms with Gasteiger partial charge in [0, 0.05) is 38.6 Å². The molecule has 0 radical (unpaired) electrons. The van der Waals surface area contributed by atoms with Crippen LogP contribution in [0.15, 0.2) is 24.5 Å². The summed E-state index contributed by atoms with van der Waals surface area (Å²) in [5.41, 5.74) is 2.37. The molecule has 1 atom stereocenters. The summed E-state index contributed by atoms with van der Waals surface area (Å²) in [6.07, 6.45) is 8.43. The van der Waals surface area contributed by atoms with E-state index in [-0.39, 0.29) is 11.8 Å². The van der Waals surface area contributed by atoms with Crippen molar-refractivity contribution >= 4 is 11.8 Å². The normalized spacial score (nSPS) is 19.2. The van der Waals surface area contributed by atoms with Crippen molar-refractivity contribution in [3.8, 4) is 0 Å². The molecular weight excluding hydrogens is 354 g/mol. The average molecular weight is 381 g/mol. The second kappa shape index (κ2) is 8.12. The van der Waals surface area contributed by atoms with Crippen LogP contribution in [0.5, 0.6) is 0 Å². The predicted molar refractivity (Wildman–Crippen MR) is 105 cm³/mol. The van der Waals surface area contributed by atoms with E-state index < -0.39 is 0 Å². The van der Waals surface area contributed by atoms with Crippen LogP contribution in [0.3, 0.4) is 0 Å². The predicted octanol–water partition coefficient (Wildman–Crippen LogP) is 2.42. The SMILES string of the molecule is CC1CCCN(C(=O)c2nc(C(=O)NCc3ccncc3)n3c2CCCC3)C1. The molecule has 1 fully saturated rings. The van der Waals surface area contributed by atoms with Gasteiger partial charge in [-0.15, -0.1) is 0 Å². The van der Waals surface area contributed by atoms with Gasteiger partial charge in [0.2, 0.25) is 0 Å². The first-order valence-corrected chi connectivity index (χ1v) is 10.2. The number of nitrogens with zero attached hydrogens (tertiary/aromatic N) is 4. The molecule has 1 saturated heterocycles. The molecule has 4 rings (SSSR count). The van der Waals surface area contributed by atoms with Gasteiger partial charge in [0.1, 0.15) is 5.69 Å². The van der Waals surface area contributed by atoms with E-state index >= 15 is 0 Å². The van der Waals surface area contributed by atoms with Crippen LogP contribution in [0.1, 0.15) is 65.0 Å². The lowest BCUT2D eigenvalue weighted by atomic mass is 9.99. The van der Waals surface area contributed by atoms with Crippen LogP contribution in [0.4, 0.5) is 0 Å². The van der Waals surface area contributed by atoms with Crippen LogP contribution in [0.2, 0.25) is 0 Å². The third-order valence-electron chi connectivity index (χ3n) is 5.67. The molecular formula is C21H27N5O2. The summed E-state index contributed by atoms with van der Waals surface area (Å²) in [7, 11) is 0. The number of nitrogens with one attached hydrogen (secondary N) is 1. The van der Waals surface area contributed by atoms with Crippen molar-refractivity contribution in [1.82, 2.24) is 24.8 Å². The summed E-state index contributed by atoms with van der Waals surface area (Å²) in [4.78, 5) is 36.4. The second-order valence-electron chi connectivity index (χ2n) is 7.88. The quantitative estimate of drug-likeness (QED) is 0.882. The number of piperidine rings is 1. The Morgan fingerprint density at radius 3 is 2.79 bits per heavy atom. The first-order valence-electron chi connectivity index (χ1n) is 10.2. The highest BCUT2D eigenvalue weighted by molar-refractivity contribution is 5.97. The summed E-state index contributed by atoms with van der Waals surface area (Å²) in [6.45, 7) is 4.88. The van der Waals surface area contributed by atoms with Crippen molar-refractivity contribution in [2.45, 2.75) is 52.1 Å². The molecule has 0 aromatic carbocycles. The fourth-order valence-electron chi connectivity index (χ4n) is 4.17. The second-order valence-corrected chi connectivity index (χ2v) is 7.88. The highest BCUT2D eigenvalue weighted by atomic mass is 16.2. The van der Waals surface area contributed by atoms with Crippen molar-refractivity contribution in [1.29, 1.82) is 0 Å². The van der Waals surface area contributed by atoms with Crippen LogP contribution in [0.25, 0.3) is 0 Å². The number of carbonyl (C=O) groups is 2. The number of carbonyl (C=O) groups excluding carboxylic acids is 2. The topological polar surface area (TPSA) is 80.1 Å².